The van der Waals surface area contributed by atoms with Gasteiger partial charge in [-0.3, -0.25) is 9.59 Å². The largest absolute Gasteiger partial charge is 0.481 e. The van der Waals surface area contributed by atoms with Crippen LogP contribution in [-0.2, 0) is 4.79 Å². The van der Waals surface area contributed by atoms with Crippen molar-refractivity contribution in [1.29, 1.82) is 0 Å². The fourth-order valence-corrected chi connectivity index (χ4v) is 1.83. The maximum absolute atomic E-state index is 11.9. The molecule has 1 heterocycles. The molecule has 0 bridgehead atoms. The van der Waals surface area contributed by atoms with Crippen molar-refractivity contribution in [2.75, 3.05) is 6.54 Å². The lowest BCUT2D eigenvalue weighted by Gasteiger charge is -2.09. The van der Waals surface area contributed by atoms with E-state index in [9.17, 15) is 9.59 Å². The predicted octanol–water partition coefficient (Wildman–Crippen LogP) is 1.63. The zero-order valence-electron chi connectivity index (χ0n) is 11.9. The van der Waals surface area contributed by atoms with Gasteiger partial charge < -0.3 is 10.4 Å². The van der Waals surface area contributed by atoms with Crippen LogP contribution >= 0.6 is 0 Å². The Kier molecular flexibility index (Phi) is 4.37. The SMILES string of the molecule is Cc1ccnn1-c1ccc(C(=O)NC[C@H](C)C(=O)O)cc1. The van der Waals surface area contributed by atoms with Crippen molar-refractivity contribution in [1.82, 2.24) is 15.1 Å². The molecule has 0 unspecified atom stereocenters. The first-order chi connectivity index (χ1) is 9.99. The normalized spacial score (nSPS) is 11.9. The predicted molar refractivity (Wildman–Crippen MR) is 77.4 cm³/mol. The van der Waals surface area contributed by atoms with Crippen molar-refractivity contribution in [3.63, 3.8) is 0 Å². The number of nitrogens with zero attached hydrogens (tertiary/aromatic N) is 2. The zero-order chi connectivity index (χ0) is 15.4. The van der Waals surface area contributed by atoms with Crippen LogP contribution in [0, 0.1) is 12.8 Å². The molecule has 110 valence electrons. The van der Waals surface area contributed by atoms with Crippen molar-refractivity contribution in [3.05, 3.63) is 47.8 Å². The Hall–Kier alpha value is -2.63. The van der Waals surface area contributed by atoms with E-state index < -0.39 is 11.9 Å². The maximum Gasteiger partial charge on any atom is 0.308 e. The van der Waals surface area contributed by atoms with Crippen molar-refractivity contribution in [3.8, 4) is 5.69 Å². The van der Waals surface area contributed by atoms with E-state index in [1.165, 1.54) is 0 Å². The molecule has 2 rings (SSSR count). The average Bonchev–Trinajstić information content (AvgIpc) is 2.90. The molecule has 0 aliphatic heterocycles. The Morgan fingerprint density at radius 2 is 1.95 bits per heavy atom. The van der Waals surface area contributed by atoms with Crippen LogP contribution in [0.4, 0.5) is 0 Å². The van der Waals surface area contributed by atoms with Gasteiger partial charge in [0.05, 0.1) is 11.6 Å². The highest BCUT2D eigenvalue weighted by Gasteiger charge is 2.13. The maximum atomic E-state index is 11.9. The number of carboxylic acids is 1. The summed E-state index contributed by atoms with van der Waals surface area (Å²) in [5.41, 5.74) is 2.36. The van der Waals surface area contributed by atoms with Gasteiger partial charge in [-0.2, -0.15) is 5.10 Å². The monoisotopic (exact) mass is 287 g/mol. The molecule has 21 heavy (non-hydrogen) atoms. The fraction of sp³-hybridized carbons (Fsp3) is 0.267. The number of aryl methyl sites for hydroxylation is 1. The number of nitrogens with one attached hydrogen (secondary N) is 1. The van der Waals surface area contributed by atoms with Gasteiger partial charge in [0, 0.05) is 24.0 Å². The molecule has 0 spiro atoms. The second-order valence-electron chi connectivity index (χ2n) is 4.88. The summed E-state index contributed by atoms with van der Waals surface area (Å²) in [4.78, 5) is 22.6. The molecular formula is C15H17N3O3. The third-order valence-electron chi connectivity index (χ3n) is 3.20. The van der Waals surface area contributed by atoms with Gasteiger partial charge >= 0.3 is 5.97 Å². The van der Waals surface area contributed by atoms with E-state index in [0.29, 0.717) is 5.56 Å². The Labute approximate surface area is 122 Å². The average molecular weight is 287 g/mol. The van der Waals surface area contributed by atoms with Crippen LogP contribution in [-0.4, -0.2) is 33.3 Å². The first-order valence-corrected chi connectivity index (χ1v) is 6.61. The molecule has 6 heteroatoms. The number of hydrogen-bond donors (Lipinski definition) is 2. The molecule has 1 aromatic heterocycles. The Balaban J connectivity index is 2.04. The van der Waals surface area contributed by atoms with Crippen molar-refractivity contribution < 1.29 is 14.7 Å². The van der Waals surface area contributed by atoms with Gasteiger partial charge in [-0.25, -0.2) is 4.68 Å². The molecule has 0 saturated heterocycles. The highest BCUT2D eigenvalue weighted by atomic mass is 16.4. The smallest absolute Gasteiger partial charge is 0.308 e. The van der Waals surface area contributed by atoms with Gasteiger partial charge in [0.2, 0.25) is 0 Å². The Morgan fingerprint density at radius 1 is 1.29 bits per heavy atom. The molecule has 0 radical (unpaired) electrons. The summed E-state index contributed by atoms with van der Waals surface area (Å²) in [5, 5.41) is 15.6. The van der Waals surface area contributed by atoms with E-state index in [2.05, 4.69) is 10.4 Å². The van der Waals surface area contributed by atoms with Gasteiger partial charge in [-0.1, -0.05) is 6.92 Å². The van der Waals surface area contributed by atoms with Gasteiger partial charge in [0.1, 0.15) is 0 Å². The van der Waals surface area contributed by atoms with Crippen molar-refractivity contribution in [2.45, 2.75) is 13.8 Å². The van der Waals surface area contributed by atoms with Crippen LogP contribution in [0.2, 0.25) is 0 Å². The highest BCUT2D eigenvalue weighted by Crippen LogP contribution is 2.11. The lowest BCUT2D eigenvalue weighted by molar-refractivity contribution is -0.140. The third kappa shape index (κ3) is 3.47. The first-order valence-electron chi connectivity index (χ1n) is 6.61. The summed E-state index contributed by atoms with van der Waals surface area (Å²) in [7, 11) is 0. The van der Waals surface area contributed by atoms with Gasteiger partial charge in [0.25, 0.3) is 5.91 Å². The fourth-order valence-electron chi connectivity index (χ4n) is 1.83. The van der Waals surface area contributed by atoms with Gasteiger partial charge in [-0.15, -0.1) is 0 Å². The van der Waals surface area contributed by atoms with Crippen LogP contribution in [0.15, 0.2) is 36.5 Å². The molecule has 6 nitrogen and oxygen atoms in total. The molecule has 0 saturated carbocycles. The van der Waals surface area contributed by atoms with E-state index in [-0.39, 0.29) is 12.5 Å². The van der Waals surface area contributed by atoms with Crippen LogP contribution < -0.4 is 5.32 Å². The van der Waals surface area contributed by atoms with Crippen LogP contribution in [0.3, 0.4) is 0 Å². The summed E-state index contributed by atoms with van der Waals surface area (Å²) >= 11 is 0. The standard InChI is InChI=1S/C15H17N3O3/c1-10(15(20)21)9-16-14(19)12-3-5-13(6-4-12)18-11(2)7-8-17-18/h3-8,10H,9H2,1-2H3,(H,16,19)(H,20,21)/t10-/m0/s1. The van der Waals surface area contributed by atoms with E-state index >= 15 is 0 Å². The summed E-state index contributed by atoms with van der Waals surface area (Å²) in [6.07, 6.45) is 1.71. The van der Waals surface area contributed by atoms with Gasteiger partial charge in [0.15, 0.2) is 0 Å². The minimum atomic E-state index is -0.931. The topological polar surface area (TPSA) is 84.2 Å². The molecule has 1 aromatic carbocycles. The number of aromatic nitrogens is 2. The molecule has 1 amide bonds. The lowest BCUT2D eigenvalue weighted by Crippen LogP contribution is -2.31. The van der Waals surface area contributed by atoms with Crippen molar-refractivity contribution >= 4 is 11.9 Å². The summed E-state index contributed by atoms with van der Waals surface area (Å²) in [6.45, 7) is 3.60. The first kappa shape index (κ1) is 14.8. The molecule has 2 aromatic rings. The van der Waals surface area contributed by atoms with Crippen LogP contribution in [0.25, 0.3) is 5.69 Å². The van der Waals surface area contributed by atoms with Crippen LogP contribution in [0.5, 0.6) is 0 Å². The van der Waals surface area contributed by atoms with E-state index in [1.54, 1.807) is 42.1 Å². The quantitative estimate of drug-likeness (QED) is 0.875. The van der Waals surface area contributed by atoms with E-state index in [4.69, 9.17) is 5.11 Å². The Bertz CT molecular complexity index is 646. The number of carbonyl (C=O) groups excluding carboxylic acids is 1. The number of rotatable bonds is 5. The summed E-state index contributed by atoms with van der Waals surface area (Å²) < 4.78 is 1.77. The molecule has 1 atom stereocenters. The summed E-state index contributed by atoms with van der Waals surface area (Å²) in [6, 6.07) is 8.88. The summed E-state index contributed by atoms with van der Waals surface area (Å²) in [5.74, 6) is -1.83. The zero-order valence-corrected chi connectivity index (χ0v) is 11.9. The third-order valence-corrected chi connectivity index (χ3v) is 3.20. The Morgan fingerprint density at radius 3 is 2.48 bits per heavy atom. The van der Waals surface area contributed by atoms with E-state index in [0.717, 1.165) is 11.4 Å². The number of aliphatic carboxylic acids is 1. The van der Waals surface area contributed by atoms with Crippen LogP contribution in [0.1, 0.15) is 23.0 Å². The minimum absolute atomic E-state index is 0.105. The lowest BCUT2D eigenvalue weighted by atomic mass is 10.1. The molecule has 2 N–H and O–H groups in total. The molecule has 0 aliphatic carbocycles. The van der Waals surface area contributed by atoms with Gasteiger partial charge in [-0.05, 0) is 37.3 Å². The highest BCUT2D eigenvalue weighted by molar-refractivity contribution is 5.94. The number of hydrogen-bond acceptors (Lipinski definition) is 3. The minimum Gasteiger partial charge on any atom is -0.481 e. The molecule has 0 aliphatic rings. The second kappa shape index (κ2) is 6.21. The number of carbonyl (C=O) groups is 2. The number of benzene rings is 1. The second-order valence-corrected chi connectivity index (χ2v) is 4.88. The van der Waals surface area contributed by atoms with E-state index in [1.807, 2.05) is 13.0 Å². The number of carboxylic acid groups (broad SMARTS) is 1. The van der Waals surface area contributed by atoms with Crippen molar-refractivity contribution in [2.24, 2.45) is 5.92 Å². The number of amides is 1. The molecular weight excluding hydrogens is 270 g/mol. The molecule has 0 fully saturated rings.